The van der Waals surface area contributed by atoms with Crippen LogP contribution in [0.3, 0.4) is 0 Å². The third-order valence-electron chi connectivity index (χ3n) is 5.12. The lowest BCUT2D eigenvalue weighted by atomic mass is 10.0. The summed E-state index contributed by atoms with van der Waals surface area (Å²) in [7, 11) is 0. The predicted octanol–water partition coefficient (Wildman–Crippen LogP) is 3.99. The standard InChI is InChI=1S/C23H29N3O2/c1-16(2)21(25-22(27)18-8-6-7-17(3)15-18)23(28)24-19-9-11-20(12-10-19)26-13-4-5-14-26/h6-12,15-16,21H,4-5,13-14H2,1-3H3,(H,24,28)(H,25,27)/t21-/m1/s1. The minimum atomic E-state index is -0.605. The monoisotopic (exact) mass is 379 g/mol. The predicted molar refractivity (Wildman–Crippen MR) is 114 cm³/mol. The number of aryl methyl sites for hydroxylation is 1. The lowest BCUT2D eigenvalue weighted by Crippen LogP contribution is -2.47. The van der Waals surface area contributed by atoms with Gasteiger partial charge in [-0.15, -0.1) is 0 Å². The van der Waals surface area contributed by atoms with E-state index in [1.54, 1.807) is 6.07 Å². The van der Waals surface area contributed by atoms with Gasteiger partial charge in [-0.3, -0.25) is 9.59 Å². The molecule has 5 nitrogen and oxygen atoms in total. The van der Waals surface area contributed by atoms with Crippen LogP contribution in [0.1, 0.15) is 42.6 Å². The Morgan fingerprint density at radius 2 is 1.68 bits per heavy atom. The first-order valence-electron chi connectivity index (χ1n) is 9.97. The lowest BCUT2D eigenvalue weighted by Gasteiger charge is -2.22. The number of amides is 2. The molecule has 2 amide bonds. The summed E-state index contributed by atoms with van der Waals surface area (Å²) in [6, 6.07) is 14.7. The molecular weight excluding hydrogens is 350 g/mol. The van der Waals surface area contributed by atoms with Crippen LogP contribution in [-0.4, -0.2) is 30.9 Å². The number of carbonyl (C=O) groups is 2. The van der Waals surface area contributed by atoms with Crippen LogP contribution < -0.4 is 15.5 Å². The van der Waals surface area contributed by atoms with E-state index in [-0.39, 0.29) is 17.7 Å². The van der Waals surface area contributed by atoms with Gasteiger partial charge in [0.1, 0.15) is 6.04 Å². The fourth-order valence-electron chi connectivity index (χ4n) is 3.50. The van der Waals surface area contributed by atoms with E-state index in [2.05, 4.69) is 15.5 Å². The Morgan fingerprint density at radius 1 is 1.00 bits per heavy atom. The smallest absolute Gasteiger partial charge is 0.251 e. The summed E-state index contributed by atoms with van der Waals surface area (Å²) in [4.78, 5) is 27.7. The topological polar surface area (TPSA) is 61.4 Å². The van der Waals surface area contributed by atoms with E-state index in [0.29, 0.717) is 5.56 Å². The van der Waals surface area contributed by atoms with Crippen molar-refractivity contribution < 1.29 is 9.59 Å². The quantitative estimate of drug-likeness (QED) is 0.798. The molecule has 1 atom stereocenters. The maximum Gasteiger partial charge on any atom is 0.251 e. The molecule has 0 saturated carbocycles. The highest BCUT2D eigenvalue weighted by Gasteiger charge is 2.25. The molecule has 0 unspecified atom stereocenters. The summed E-state index contributed by atoms with van der Waals surface area (Å²) >= 11 is 0. The zero-order chi connectivity index (χ0) is 20.1. The van der Waals surface area contributed by atoms with Crippen molar-refractivity contribution in [3.63, 3.8) is 0 Å². The van der Waals surface area contributed by atoms with Gasteiger partial charge in [-0.25, -0.2) is 0 Å². The maximum absolute atomic E-state index is 12.8. The van der Waals surface area contributed by atoms with Gasteiger partial charge >= 0.3 is 0 Å². The molecule has 3 rings (SSSR count). The van der Waals surface area contributed by atoms with Gasteiger partial charge in [0.15, 0.2) is 0 Å². The molecule has 1 fully saturated rings. The van der Waals surface area contributed by atoms with Gasteiger partial charge in [-0.05, 0) is 62.1 Å². The molecule has 5 heteroatoms. The number of carbonyl (C=O) groups excluding carboxylic acids is 2. The zero-order valence-electron chi connectivity index (χ0n) is 16.9. The van der Waals surface area contributed by atoms with Crippen LogP contribution in [0.4, 0.5) is 11.4 Å². The number of anilines is 2. The highest BCUT2D eigenvalue weighted by molar-refractivity contribution is 6.01. The minimum absolute atomic E-state index is 0.0300. The molecule has 1 aliphatic rings. The normalized spacial score (nSPS) is 14.8. The second-order valence-electron chi connectivity index (χ2n) is 7.79. The number of hydrogen-bond donors (Lipinski definition) is 2. The molecule has 1 aliphatic heterocycles. The number of nitrogens with zero attached hydrogens (tertiary/aromatic N) is 1. The first kappa shape index (κ1) is 19.9. The van der Waals surface area contributed by atoms with E-state index in [4.69, 9.17) is 0 Å². The van der Waals surface area contributed by atoms with Gasteiger partial charge in [-0.1, -0.05) is 31.5 Å². The fraction of sp³-hybridized carbons (Fsp3) is 0.391. The second kappa shape index (κ2) is 8.91. The van der Waals surface area contributed by atoms with Gasteiger partial charge in [0, 0.05) is 30.0 Å². The van der Waals surface area contributed by atoms with Crippen molar-refractivity contribution in [3.8, 4) is 0 Å². The molecule has 0 bridgehead atoms. The molecule has 2 aromatic carbocycles. The third-order valence-corrected chi connectivity index (χ3v) is 5.12. The molecule has 1 heterocycles. The summed E-state index contributed by atoms with van der Waals surface area (Å²) in [5.74, 6) is -0.468. The molecule has 2 aromatic rings. The molecule has 0 spiro atoms. The molecule has 1 saturated heterocycles. The van der Waals surface area contributed by atoms with Gasteiger partial charge < -0.3 is 15.5 Å². The van der Waals surface area contributed by atoms with Gasteiger partial charge in [0.25, 0.3) is 5.91 Å². The van der Waals surface area contributed by atoms with E-state index >= 15 is 0 Å². The van der Waals surface area contributed by atoms with Crippen LogP contribution in [0.25, 0.3) is 0 Å². The van der Waals surface area contributed by atoms with Crippen molar-refractivity contribution in [1.29, 1.82) is 0 Å². The van der Waals surface area contributed by atoms with Gasteiger partial charge in [-0.2, -0.15) is 0 Å². The Kier molecular flexibility index (Phi) is 6.34. The first-order chi connectivity index (χ1) is 13.4. The van der Waals surface area contributed by atoms with Crippen molar-refractivity contribution in [3.05, 3.63) is 59.7 Å². The number of benzene rings is 2. The van der Waals surface area contributed by atoms with E-state index in [9.17, 15) is 9.59 Å². The van der Waals surface area contributed by atoms with Crippen LogP contribution >= 0.6 is 0 Å². The van der Waals surface area contributed by atoms with Gasteiger partial charge in [0.05, 0.1) is 0 Å². The van der Waals surface area contributed by atoms with E-state index in [0.717, 1.165) is 24.3 Å². The summed E-state index contributed by atoms with van der Waals surface area (Å²) in [6.07, 6.45) is 2.46. The molecule has 0 radical (unpaired) electrons. The van der Waals surface area contributed by atoms with Crippen molar-refractivity contribution in [2.75, 3.05) is 23.3 Å². The zero-order valence-corrected chi connectivity index (χ0v) is 16.9. The van der Waals surface area contributed by atoms with E-state index < -0.39 is 6.04 Å². The Balaban J connectivity index is 1.65. The second-order valence-corrected chi connectivity index (χ2v) is 7.79. The molecule has 0 aliphatic carbocycles. The van der Waals surface area contributed by atoms with Crippen molar-refractivity contribution in [2.24, 2.45) is 5.92 Å². The van der Waals surface area contributed by atoms with E-state index in [1.165, 1.54) is 18.5 Å². The van der Waals surface area contributed by atoms with E-state index in [1.807, 2.05) is 63.2 Å². The third kappa shape index (κ3) is 4.91. The number of hydrogen-bond acceptors (Lipinski definition) is 3. The minimum Gasteiger partial charge on any atom is -0.372 e. The lowest BCUT2D eigenvalue weighted by molar-refractivity contribution is -0.118. The van der Waals surface area contributed by atoms with Gasteiger partial charge in [0.2, 0.25) is 5.91 Å². The number of rotatable bonds is 6. The molecule has 148 valence electrons. The van der Waals surface area contributed by atoms with Crippen LogP contribution in [-0.2, 0) is 4.79 Å². The summed E-state index contributed by atoms with van der Waals surface area (Å²) < 4.78 is 0. The average molecular weight is 380 g/mol. The Hall–Kier alpha value is -2.82. The first-order valence-corrected chi connectivity index (χ1v) is 9.97. The highest BCUT2D eigenvalue weighted by atomic mass is 16.2. The average Bonchev–Trinajstić information content (AvgIpc) is 3.21. The fourth-order valence-corrected chi connectivity index (χ4v) is 3.50. The summed E-state index contributed by atoms with van der Waals surface area (Å²) in [5.41, 5.74) is 3.50. The largest absolute Gasteiger partial charge is 0.372 e. The Labute approximate surface area is 167 Å². The van der Waals surface area contributed by atoms with Crippen LogP contribution in [0.5, 0.6) is 0 Å². The molecule has 28 heavy (non-hydrogen) atoms. The maximum atomic E-state index is 12.8. The Bertz CT molecular complexity index is 824. The Morgan fingerprint density at radius 3 is 2.29 bits per heavy atom. The SMILES string of the molecule is Cc1cccc(C(=O)N[C@@H](C(=O)Nc2ccc(N3CCCC3)cc2)C(C)C)c1. The molecule has 2 N–H and O–H groups in total. The highest BCUT2D eigenvalue weighted by Crippen LogP contribution is 2.22. The summed E-state index contributed by atoms with van der Waals surface area (Å²) in [5, 5.41) is 5.81. The molecule has 0 aromatic heterocycles. The van der Waals surface area contributed by atoms with Crippen molar-refractivity contribution in [1.82, 2.24) is 5.32 Å². The van der Waals surface area contributed by atoms with Crippen LogP contribution in [0.2, 0.25) is 0 Å². The summed E-state index contributed by atoms with van der Waals surface area (Å²) in [6.45, 7) is 7.97. The van der Waals surface area contributed by atoms with Crippen molar-refractivity contribution in [2.45, 2.75) is 39.7 Å². The number of nitrogens with one attached hydrogen (secondary N) is 2. The molecular formula is C23H29N3O2. The van der Waals surface area contributed by atoms with Crippen LogP contribution in [0, 0.1) is 12.8 Å². The van der Waals surface area contributed by atoms with Crippen molar-refractivity contribution >= 4 is 23.2 Å². The van der Waals surface area contributed by atoms with Crippen LogP contribution in [0.15, 0.2) is 48.5 Å².